The first-order valence-electron chi connectivity index (χ1n) is 10.4. The molecule has 1 unspecified atom stereocenters. The fourth-order valence-electron chi connectivity index (χ4n) is 3.44. The molecule has 1 aliphatic heterocycles. The molecule has 0 radical (unpaired) electrons. The normalized spacial score (nSPS) is 15.4. The molecule has 0 aromatic heterocycles. The second-order valence-electron chi connectivity index (χ2n) is 7.23. The van der Waals surface area contributed by atoms with Gasteiger partial charge in [0.2, 0.25) is 5.91 Å². The van der Waals surface area contributed by atoms with Crippen molar-refractivity contribution >= 4 is 47.2 Å². The maximum atomic E-state index is 12.0. The van der Waals surface area contributed by atoms with Crippen molar-refractivity contribution in [3.8, 4) is 0 Å². The highest BCUT2D eigenvalue weighted by atomic mass is 127. The predicted molar refractivity (Wildman–Crippen MR) is 137 cm³/mol. The minimum atomic E-state index is 0. The highest BCUT2D eigenvalue weighted by Crippen LogP contribution is 2.31. The molecule has 0 spiro atoms. The monoisotopic (exact) mass is 537 g/mol. The Morgan fingerprint density at radius 2 is 1.94 bits per heavy atom. The van der Waals surface area contributed by atoms with E-state index in [1.807, 2.05) is 25.1 Å². The minimum Gasteiger partial charge on any atom is -0.383 e. The summed E-state index contributed by atoms with van der Waals surface area (Å²) in [6.07, 6.45) is 0.473. The first-order valence-corrected chi connectivity index (χ1v) is 10.4. The number of methoxy groups -OCH3 is 1. The molecule has 0 bridgehead atoms. The molecule has 2 aromatic carbocycles. The molecule has 8 heteroatoms. The number of halogens is 1. The van der Waals surface area contributed by atoms with E-state index in [1.54, 1.807) is 7.11 Å². The number of carbonyl (C=O) groups is 1. The van der Waals surface area contributed by atoms with Gasteiger partial charge >= 0.3 is 0 Å². The molecule has 168 valence electrons. The summed E-state index contributed by atoms with van der Waals surface area (Å²) >= 11 is 0. The van der Waals surface area contributed by atoms with Crippen molar-refractivity contribution in [1.82, 2.24) is 10.6 Å². The van der Waals surface area contributed by atoms with Gasteiger partial charge in [0.15, 0.2) is 5.96 Å². The van der Waals surface area contributed by atoms with Crippen LogP contribution < -0.4 is 21.3 Å². The zero-order valence-corrected chi connectivity index (χ0v) is 20.4. The van der Waals surface area contributed by atoms with Gasteiger partial charge in [0.25, 0.3) is 0 Å². The van der Waals surface area contributed by atoms with Gasteiger partial charge in [-0.1, -0.05) is 30.3 Å². The number of hydrogen-bond acceptors (Lipinski definition) is 4. The van der Waals surface area contributed by atoms with Crippen LogP contribution in [0.5, 0.6) is 0 Å². The Morgan fingerprint density at radius 3 is 2.68 bits per heavy atom. The fourth-order valence-corrected chi connectivity index (χ4v) is 3.44. The highest BCUT2D eigenvalue weighted by molar-refractivity contribution is 14.0. The number of anilines is 2. The second kappa shape index (κ2) is 13.2. The molecular formula is C23H32IN5O2. The van der Waals surface area contributed by atoms with Crippen LogP contribution >= 0.6 is 24.0 Å². The second-order valence-corrected chi connectivity index (χ2v) is 7.23. The van der Waals surface area contributed by atoms with Crippen molar-refractivity contribution in [3.63, 3.8) is 0 Å². The summed E-state index contributed by atoms with van der Waals surface area (Å²) in [6.45, 7) is 5.51. The topological polar surface area (TPSA) is 86.8 Å². The number of amides is 1. The molecule has 0 saturated heterocycles. The van der Waals surface area contributed by atoms with Gasteiger partial charge in [0, 0.05) is 50.5 Å². The van der Waals surface area contributed by atoms with Gasteiger partial charge in [-0.05, 0) is 36.2 Å². The van der Waals surface area contributed by atoms with Gasteiger partial charge in [-0.25, -0.2) is 4.99 Å². The lowest BCUT2D eigenvalue weighted by atomic mass is 9.90. The third-order valence-corrected chi connectivity index (χ3v) is 4.98. The maximum absolute atomic E-state index is 12.0. The van der Waals surface area contributed by atoms with Crippen LogP contribution in [0.3, 0.4) is 0 Å². The van der Waals surface area contributed by atoms with Crippen LogP contribution in [-0.2, 0) is 16.1 Å². The SMILES string of the molecule is CCNC(=NCc1ccc(NCCOC)cc1)NCC1CC(=O)Nc2ccccc21.I. The van der Waals surface area contributed by atoms with Gasteiger partial charge in [-0.2, -0.15) is 0 Å². The molecule has 4 N–H and O–H groups in total. The zero-order valence-electron chi connectivity index (χ0n) is 18.1. The average Bonchev–Trinajstić information content (AvgIpc) is 2.76. The number of guanidine groups is 1. The van der Waals surface area contributed by atoms with Crippen LogP contribution in [0.4, 0.5) is 11.4 Å². The van der Waals surface area contributed by atoms with Crippen molar-refractivity contribution in [2.75, 3.05) is 44.0 Å². The van der Waals surface area contributed by atoms with E-state index >= 15 is 0 Å². The van der Waals surface area contributed by atoms with Crippen molar-refractivity contribution in [3.05, 3.63) is 59.7 Å². The molecule has 7 nitrogen and oxygen atoms in total. The number of para-hydroxylation sites is 1. The number of ether oxygens (including phenoxy) is 1. The smallest absolute Gasteiger partial charge is 0.225 e. The Kier molecular flexibility index (Phi) is 10.6. The Morgan fingerprint density at radius 1 is 1.16 bits per heavy atom. The number of fused-ring (bicyclic) bond motifs is 1. The zero-order chi connectivity index (χ0) is 21.2. The molecule has 31 heavy (non-hydrogen) atoms. The molecule has 1 heterocycles. The first-order chi connectivity index (χ1) is 14.7. The molecule has 0 fully saturated rings. The van der Waals surface area contributed by atoms with Crippen molar-refractivity contribution in [2.45, 2.75) is 25.8 Å². The van der Waals surface area contributed by atoms with Crippen LogP contribution in [0.1, 0.15) is 30.4 Å². The van der Waals surface area contributed by atoms with E-state index in [4.69, 9.17) is 9.73 Å². The number of nitrogens with one attached hydrogen (secondary N) is 4. The van der Waals surface area contributed by atoms with E-state index < -0.39 is 0 Å². The van der Waals surface area contributed by atoms with Crippen LogP contribution in [0, 0.1) is 0 Å². The molecule has 1 aliphatic rings. The fraction of sp³-hybridized carbons (Fsp3) is 0.391. The third kappa shape index (κ3) is 7.70. The summed E-state index contributed by atoms with van der Waals surface area (Å²) in [6, 6.07) is 16.2. The Hall–Kier alpha value is -2.33. The summed E-state index contributed by atoms with van der Waals surface area (Å²) in [5.74, 6) is 0.932. The molecule has 0 aliphatic carbocycles. The minimum absolute atomic E-state index is 0. The molecule has 1 amide bonds. The molecule has 1 atom stereocenters. The lowest BCUT2D eigenvalue weighted by molar-refractivity contribution is -0.116. The third-order valence-electron chi connectivity index (χ3n) is 4.98. The number of hydrogen-bond donors (Lipinski definition) is 4. The van der Waals surface area contributed by atoms with Gasteiger partial charge < -0.3 is 26.0 Å². The van der Waals surface area contributed by atoms with Crippen LogP contribution in [0.2, 0.25) is 0 Å². The quantitative estimate of drug-likeness (QED) is 0.170. The van der Waals surface area contributed by atoms with Crippen molar-refractivity contribution in [1.29, 1.82) is 0 Å². The van der Waals surface area contributed by atoms with Gasteiger partial charge in [-0.3, -0.25) is 4.79 Å². The summed E-state index contributed by atoms with van der Waals surface area (Å²) in [4.78, 5) is 16.7. The number of benzene rings is 2. The van der Waals surface area contributed by atoms with Crippen LogP contribution in [0.25, 0.3) is 0 Å². The van der Waals surface area contributed by atoms with Crippen molar-refractivity contribution < 1.29 is 9.53 Å². The Balaban J connectivity index is 0.00000341. The van der Waals surface area contributed by atoms with Crippen LogP contribution in [0.15, 0.2) is 53.5 Å². The number of rotatable bonds is 9. The van der Waals surface area contributed by atoms with E-state index in [9.17, 15) is 4.79 Å². The molecule has 3 rings (SSSR count). The Bertz CT molecular complexity index is 857. The average molecular weight is 537 g/mol. The standard InChI is InChI=1S/C23H31N5O2.HI/c1-3-24-23(26-15-17-8-10-19(11-9-17)25-12-13-30-2)27-16-18-14-22(29)28-21-7-5-4-6-20(18)21;/h4-11,18,25H,3,12-16H2,1-2H3,(H,28,29)(H2,24,26,27);1H. The highest BCUT2D eigenvalue weighted by Gasteiger charge is 2.24. The molecule has 2 aromatic rings. The summed E-state index contributed by atoms with van der Waals surface area (Å²) in [5, 5.41) is 12.9. The number of nitrogens with zero attached hydrogens (tertiary/aromatic N) is 1. The summed E-state index contributed by atoms with van der Waals surface area (Å²) in [5.41, 5.74) is 4.27. The first kappa shape index (κ1) is 24.9. The predicted octanol–water partition coefficient (Wildman–Crippen LogP) is 3.54. The molecule has 0 saturated carbocycles. The maximum Gasteiger partial charge on any atom is 0.225 e. The van der Waals surface area contributed by atoms with Gasteiger partial charge in [0.05, 0.1) is 13.2 Å². The van der Waals surface area contributed by atoms with Gasteiger partial charge in [-0.15, -0.1) is 24.0 Å². The number of aliphatic imine (C=N–C) groups is 1. The Labute approximate surface area is 201 Å². The lowest BCUT2D eigenvalue weighted by Gasteiger charge is -2.26. The lowest BCUT2D eigenvalue weighted by Crippen LogP contribution is -2.40. The van der Waals surface area contributed by atoms with Gasteiger partial charge in [0.1, 0.15) is 0 Å². The van der Waals surface area contributed by atoms with E-state index in [2.05, 4.69) is 51.6 Å². The molecular weight excluding hydrogens is 505 g/mol. The van der Waals surface area contributed by atoms with E-state index in [0.717, 1.165) is 41.6 Å². The van der Waals surface area contributed by atoms with Crippen LogP contribution in [-0.4, -0.2) is 45.2 Å². The van der Waals surface area contributed by atoms with E-state index in [0.29, 0.717) is 26.1 Å². The summed E-state index contributed by atoms with van der Waals surface area (Å²) in [7, 11) is 1.69. The summed E-state index contributed by atoms with van der Waals surface area (Å²) < 4.78 is 5.05. The van der Waals surface area contributed by atoms with Crippen molar-refractivity contribution in [2.24, 2.45) is 4.99 Å². The number of carbonyl (C=O) groups excluding carboxylic acids is 1. The van der Waals surface area contributed by atoms with E-state index in [1.165, 1.54) is 0 Å². The van der Waals surface area contributed by atoms with E-state index in [-0.39, 0.29) is 35.8 Å². The largest absolute Gasteiger partial charge is 0.383 e.